The maximum absolute atomic E-state index is 13.5. The second kappa shape index (κ2) is 18.6. The van der Waals surface area contributed by atoms with Gasteiger partial charge in [-0.05, 0) is 44.0 Å². The molecule has 5 rings (SSSR count). The third kappa shape index (κ3) is 11.4. The Morgan fingerprint density at radius 2 is 1.62 bits per heavy atom. The van der Waals surface area contributed by atoms with Crippen LogP contribution in [-0.2, 0) is 53.7 Å². The highest BCUT2D eigenvalue weighted by Gasteiger charge is 2.55. The number of carbonyl (C=O) groups is 1. The molecule has 3 heterocycles. The highest BCUT2D eigenvalue weighted by atomic mass is 28.4. The van der Waals surface area contributed by atoms with Crippen LogP contribution in [0.4, 0.5) is 0 Å². The summed E-state index contributed by atoms with van der Waals surface area (Å²) in [6.45, 7) is 17.2. The lowest BCUT2D eigenvalue weighted by atomic mass is 9.97. The summed E-state index contributed by atoms with van der Waals surface area (Å²) in [4.78, 5) is 13.5. The molecule has 2 aromatic rings. The minimum Gasteiger partial charge on any atom is -0.454 e. The van der Waals surface area contributed by atoms with Gasteiger partial charge < -0.3 is 47.4 Å². The molecule has 0 aromatic heterocycles. The first kappa shape index (κ1) is 41.9. The Labute approximate surface area is 317 Å². The van der Waals surface area contributed by atoms with Crippen LogP contribution in [0.15, 0.2) is 60.7 Å². The first-order valence-electron chi connectivity index (χ1n) is 19.3. The van der Waals surface area contributed by atoms with Crippen LogP contribution in [0.3, 0.4) is 0 Å². The van der Waals surface area contributed by atoms with Gasteiger partial charge >= 0.3 is 5.97 Å². The van der Waals surface area contributed by atoms with E-state index < -0.39 is 75.6 Å². The van der Waals surface area contributed by atoms with Crippen LogP contribution in [0.5, 0.6) is 0 Å². The van der Waals surface area contributed by atoms with Gasteiger partial charge in [0.2, 0.25) is 6.29 Å². The van der Waals surface area contributed by atoms with Crippen molar-refractivity contribution in [3.8, 4) is 0 Å². The third-order valence-electron chi connectivity index (χ3n) is 10.6. The molecule has 9 atom stereocenters. The van der Waals surface area contributed by atoms with Crippen molar-refractivity contribution in [3.63, 3.8) is 0 Å². The molecular weight excluding hydrogens is 697 g/mol. The van der Waals surface area contributed by atoms with E-state index in [0.717, 1.165) is 36.8 Å². The molecule has 0 bridgehead atoms. The summed E-state index contributed by atoms with van der Waals surface area (Å²) in [5, 5.41) is 11.7. The molecule has 1 N–H and O–H groups in total. The summed E-state index contributed by atoms with van der Waals surface area (Å²) >= 11 is 0. The van der Waals surface area contributed by atoms with E-state index in [4.69, 9.17) is 42.3 Å². The Morgan fingerprint density at radius 1 is 0.943 bits per heavy atom. The van der Waals surface area contributed by atoms with Crippen molar-refractivity contribution < 1.29 is 52.2 Å². The largest absolute Gasteiger partial charge is 0.454 e. The predicted molar refractivity (Wildman–Crippen MR) is 201 cm³/mol. The van der Waals surface area contributed by atoms with Gasteiger partial charge in [-0.2, -0.15) is 0 Å². The number of esters is 1. The molecule has 0 radical (unpaired) electrons. The summed E-state index contributed by atoms with van der Waals surface area (Å²) in [6.07, 6.45) is -3.16. The Hall–Kier alpha value is -2.23. The highest BCUT2D eigenvalue weighted by Crippen LogP contribution is 2.40. The van der Waals surface area contributed by atoms with Gasteiger partial charge in [0.05, 0.1) is 19.8 Å². The smallest absolute Gasteiger partial charge is 0.306 e. The van der Waals surface area contributed by atoms with Gasteiger partial charge in [0, 0.05) is 12.0 Å². The van der Waals surface area contributed by atoms with Gasteiger partial charge in [-0.1, -0.05) is 114 Å². The Morgan fingerprint density at radius 3 is 2.30 bits per heavy atom. The lowest BCUT2D eigenvalue weighted by Crippen LogP contribution is -2.64. The standard InChI is InChI=1S/C41H62O11Si/c1-9-10-11-12-19-24-32(42)48-36-35(44-25-28-20-15-13-16-21-28)33-30(26-45-38(49-33)29-22-17-14-18-23-29)47-39(36)50-37(43)34-31(51-41(5,6)52-34)27-46-53(7,8)40(2,3)4/h13-18,20-23,30-31,33-39,43H,9-12,19,24-27H2,1-8H3/t30-,31-,33-,34+,35+,36+,37?,38?,39+/m1/s1. The maximum atomic E-state index is 13.5. The Balaban J connectivity index is 1.40. The summed E-state index contributed by atoms with van der Waals surface area (Å²) in [7, 11) is -2.15. The summed E-state index contributed by atoms with van der Waals surface area (Å²) in [5.41, 5.74) is 1.78. The van der Waals surface area contributed by atoms with Gasteiger partial charge in [-0.15, -0.1) is 0 Å². The van der Waals surface area contributed by atoms with Gasteiger partial charge in [0.1, 0.15) is 30.5 Å². The third-order valence-corrected chi connectivity index (χ3v) is 15.1. The van der Waals surface area contributed by atoms with E-state index in [0.29, 0.717) is 6.42 Å². The molecule has 2 aromatic carbocycles. The lowest BCUT2D eigenvalue weighted by Gasteiger charge is -2.49. The quantitative estimate of drug-likeness (QED) is 0.0745. The number of rotatable bonds is 17. The zero-order valence-electron chi connectivity index (χ0n) is 32.9. The SMILES string of the molecule is CCCCCCCC(=O)O[C@@H]1[C@H](OC(O)[C@H]2OC(C)(C)O[C@@H]2CO[Si](C)(C)C(C)(C)C)O[C@@H]2COC(c3ccccc3)O[C@H]2[C@@H]1OCc1ccccc1. The van der Waals surface area contributed by atoms with Crippen molar-refractivity contribution in [2.24, 2.45) is 0 Å². The van der Waals surface area contributed by atoms with Crippen LogP contribution in [0, 0.1) is 0 Å². The van der Waals surface area contributed by atoms with E-state index in [-0.39, 0.29) is 31.3 Å². The molecule has 53 heavy (non-hydrogen) atoms. The number of benzene rings is 2. The van der Waals surface area contributed by atoms with E-state index in [9.17, 15) is 9.90 Å². The zero-order chi connectivity index (χ0) is 38.2. The van der Waals surface area contributed by atoms with E-state index in [2.05, 4.69) is 40.8 Å². The second-order valence-corrected chi connectivity index (χ2v) is 21.1. The number of unbranched alkanes of at least 4 members (excludes halogenated alkanes) is 4. The lowest BCUT2D eigenvalue weighted by molar-refractivity contribution is -0.386. The van der Waals surface area contributed by atoms with Gasteiger partial charge in [0.15, 0.2) is 32.8 Å². The molecule has 0 amide bonds. The Bertz CT molecular complexity index is 1400. The number of ether oxygens (including phenoxy) is 8. The van der Waals surface area contributed by atoms with Gasteiger partial charge in [-0.3, -0.25) is 4.79 Å². The van der Waals surface area contributed by atoms with Crippen molar-refractivity contribution in [2.75, 3.05) is 13.2 Å². The fraction of sp³-hybridized carbons (Fsp3) is 0.683. The molecule has 0 spiro atoms. The molecule has 11 nitrogen and oxygen atoms in total. The number of carbonyl (C=O) groups excluding carboxylic acids is 1. The average molecular weight is 759 g/mol. The molecule has 3 aliphatic rings. The summed E-state index contributed by atoms with van der Waals surface area (Å²) in [6, 6.07) is 19.4. The van der Waals surface area contributed by atoms with E-state index in [1.54, 1.807) is 13.8 Å². The molecule has 12 heteroatoms. The van der Waals surface area contributed by atoms with E-state index in [1.165, 1.54) is 0 Å². The molecule has 296 valence electrons. The van der Waals surface area contributed by atoms with Crippen molar-refractivity contribution in [1.82, 2.24) is 0 Å². The maximum Gasteiger partial charge on any atom is 0.306 e. The molecule has 3 fully saturated rings. The number of fused-ring (bicyclic) bond motifs is 1. The first-order chi connectivity index (χ1) is 25.2. The number of hydrogen-bond donors (Lipinski definition) is 1. The van der Waals surface area contributed by atoms with Gasteiger partial charge in [-0.25, -0.2) is 0 Å². The average Bonchev–Trinajstić information content (AvgIpc) is 3.44. The van der Waals surface area contributed by atoms with Crippen LogP contribution in [0.1, 0.15) is 97.5 Å². The summed E-state index contributed by atoms with van der Waals surface area (Å²) < 4.78 is 57.3. The fourth-order valence-corrected chi connectivity index (χ4v) is 7.57. The van der Waals surface area contributed by atoms with Crippen LogP contribution in [0.2, 0.25) is 18.1 Å². The molecular formula is C41H62O11Si. The zero-order valence-corrected chi connectivity index (χ0v) is 33.9. The fourth-order valence-electron chi connectivity index (χ4n) is 6.56. The molecule has 2 unspecified atom stereocenters. The van der Waals surface area contributed by atoms with Crippen molar-refractivity contribution in [2.45, 2.75) is 166 Å². The monoisotopic (exact) mass is 758 g/mol. The number of aliphatic hydroxyl groups is 1. The van der Waals surface area contributed by atoms with Gasteiger partial charge in [0.25, 0.3) is 0 Å². The van der Waals surface area contributed by atoms with Crippen molar-refractivity contribution in [1.29, 1.82) is 0 Å². The minimum atomic E-state index is -2.15. The topological polar surface area (TPSA) is 120 Å². The van der Waals surface area contributed by atoms with Crippen LogP contribution >= 0.6 is 0 Å². The number of aliphatic hydroxyl groups excluding tert-OH is 1. The molecule has 0 saturated carbocycles. The highest BCUT2D eigenvalue weighted by molar-refractivity contribution is 6.74. The van der Waals surface area contributed by atoms with Crippen LogP contribution < -0.4 is 0 Å². The van der Waals surface area contributed by atoms with Crippen molar-refractivity contribution in [3.05, 3.63) is 71.8 Å². The minimum absolute atomic E-state index is 0.0232. The normalized spacial score (nSPS) is 29.4. The molecule has 0 aliphatic carbocycles. The second-order valence-electron chi connectivity index (χ2n) is 16.3. The first-order valence-corrected chi connectivity index (χ1v) is 22.2. The van der Waals surface area contributed by atoms with E-state index in [1.807, 2.05) is 60.7 Å². The molecule has 3 aliphatic heterocycles. The van der Waals surface area contributed by atoms with Crippen molar-refractivity contribution >= 4 is 14.3 Å². The molecule has 3 saturated heterocycles. The summed E-state index contributed by atoms with van der Waals surface area (Å²) in [5.74, 6) is -1.41. The van der Waals surface area contributed by atoms with Crippen LogP contribution in [0.25, 0.3) is 0 Å². The number of hydrogen-bond acceptors (Lipinski definition) is 11. The van der Waals surface area contributed by atoms with Crippen LogP contribution in [-0.4, -0.2) is 87.6 Å². The van der Waals surface area contributed by atoms with E-state index >= 15 is 0 Å². The predicted octanol–water partition coefficient (Wildman–Crippen LogP) is 7.56. The Kier molecular flexibility index (Phi) is 14.7.